The molecule has 2 atom stereocenters. The minimum absolute atomic E-state index is 0.146. The molecule has 0 N–H and O–H groups in total. The number of hydrogen-bond donors (Lipinski definition) is 0. The Hall–Kier alpha value is -3.21. The molecule has 1 aromatic carbocycles. The van der Waals surface area contributed by atoms with Gasteiger partial charge >= 0.3 is 18.0 Å². The Morgan fingerprint density at radius 3 is 2.35 bits per heavy atom. The first-order valence-electron chi connectivity index (χ1n) is 9.95. The summed E-state index contributed by atoms with van der Waals surface area (Å²) in [5.74, 6) is 5.19. The Bertz CT molecular complexity index is 891. The van der Waals surface area contributed by atoms with Crippen molar-refractivity contribution in [3.63, 3.8) is 0 Å². The zero-order valence-corrected chi connectivity index (χ0v) is 18.8. The van der Waals surface area contributed by atoms with Crippen LogP contribution in [0.15, 0.2) is 18.2 Å². The summed E-state index contributed by atoms with van der Waals surface area (Å²) in [5.41, 5.74) is 0.0229. The third kappa shape index (κ3) is 6.38. The first-order chi connectivity index (χ1) is 14.6. The van der Waals surface area contributed by atoms with Gasteiger partial charge in [-0.25, -0.2) is 9.59 Å². The maximum absolute atomic E-state index is 12.8. The van der Waals surface area contributed by atoms with E-state index in [1.165, 1.54) is 26.2 Å². The molecule has 168 valence electrons. The average molecular weight is 431 g/mol. The molecule has 0 spiro atoms. The highest BCUT2D eigenvalue weighted by Crippen LogP contribution is 2.25. The van der Waals surface area contributed by atoms with Crippen molar-refractivity contribution in [3.05, 3.63) is 29.3 Å². The Morgan fingerprint density at radius 1 is 1.06 bits per heavy atom. The van der Waals surface area contributed by atoms with Gasteiger partial charge in [0.05, 0.1) is 38.9 Å². The zero-order chi connectivity index (χ0) is 23.2. The summed E-state index contributed by atoms with van der Waals surface area (Å²) in [7, 11) is 4.11. The van der Waals surface area contributed by atoms with Crippen molar-refractivity contribution in [2.24, 2.45) is 5.92 Å². The van der Waals surface area contributed by atoms with Crippen molar-refractivity contribution < 1.29 is 33.3 Å². The summed E-state index contributed by atoms with van der Waals surface area (Å²) < 4.78 is 20.4. The molecule has 0 aromatic heterocycles. The number of nitrogens with zero attached hydrogens (tertiary/aromatic N) is 1. The van der Waals surface area contributed by atoms with Crippen LogP contribution in [0.25, 0.3) is 0 Å². The molecule has 0 bridgehead atoms. The second-order valence-electron chi connectivity index (χ2n) is 8.12. The van der Waals surface area contributed by atoms with Gasteiger partial charge < -0.3 is 18.9 Å². The van der Waals surface area contributed by atoms with Gasteiger partial charge in [-0.15, -0.1) is 0 Å². The van der Waals surface area contributed by atoms with Crippen LogP contribution in [0.3, 0.4) is 0 Å². The van der Waals surface area contributed by atoms with Gasteiger partial charge in [-0.1, -0.05) is 11.8 Å². The highest BCUT2D eigenvalue weighted by molar-refractivity contribution is 5.92. The smallest absolute Gasteiger partial charge is 0.411 e. The van der Waals surface area contributed by atoms with Crippen molar-refractivity contribution in [2.75, 3.05) is 27.9 Å². The number of piperidine rings is 1. The molecule has 31 heavy (non-hydrogen) atoms. The number of ether oxygens (including phenoxy) is 4. The first kappa shape index (κ1) is 24.1. The number of rotatable bonds is 3. The summed E-state index contributed by atoms with van der Waals surface area (Å²) in [6.07, 6.45) is 0.441. The molecular weight excluding hydrogens is 402 g/mol. The molecule has 1 aliphatic heterocycles. The lowest BCUT2D eigenvalue weighted by molar-refractivity contribution is -0.147. The van der Waals surface area contributed by atoms with Crippen molar-refractivity contribution in [1.29, 1.82) is 0 Å². The van der Waals surface area contributed by atoms with Crippen LogP contribution in [0.4, 0.5) is 4.79 Å². The van der Waals surface area contributed by atoms with Gasteiger partial charge in [0.1, 0.15) is 11.4 Å². The van der Waals surface area contributed by atoms with Crippen LogP contribution < -0.4 is 4.74 Å². The molecule has 1 aromatic rings. The van der Waals surface area contributed by atoms with E-state index in [9.17, 15) is 14.4 Å². The summed E-state index contributed by atoms with van der Waals surface area (Å²) in [6, 6.07) is 4.42. The standard InChI is InChI=1S/C23H29NO7/c1-23(2,3)31-22(27)24-14-16(20(25)29-5)8-11-17(24)10-7-15-9-12-18(28-4)13-19(15)21(26)30-6/h9,12-13,16-17H,8,11,14H2,1-6H3. The quantitative estimate of drug-likeness (QED) is 0.413. The maximum Gasteiger partial charge on any atom is 0.411 e. The van der Waals surface area contributed by atoms with E-state index in [0.29, 0.717) is 24.2 Å². The molecule has 0 saturated carbocycles. The van der Waals surface area contributed by atoms with E-state index in [4.69, 9.17) is 18.9 Å². The Labute approximate surface area is 182 Å². The zero-order valence-electron chi connectivity index (χ0n) is 18.8. The van der Waals surface area contributed by atoms with Crippen molar-refractivity contribution in [1.82, 2.24) is 4.90 Å². The Balaban J connectivity index is 2.36. The van der Waals surface area contributed by atoms with Crippen LogP contribution in [0.1, 0.15) is 49.5 Å². The van der Waals surface area contributed by atoms with E-state index in [-0.39, 0.29) is 18.1 Å². The van der Waals surface area contributed by atoms with Crippen LogP contribution in [0, 0.1) is 17.8 Å². The Morgan fingerprint density at radius 2 is 1.77 bits per heavy atom. The lowest BCUT2D eigenvalue weighted by atomic mass is 9.93. The number of esters is 2. The van der Waals surface area contributed by atoms with E-state index in [2.05, 4.69) is 11.8 Å². The van der Waals surface area contributed by atoms with Crippen molar-refractivity contribution in [2.45, 2.75) is 45.3 Å². The predicted octanol–water partition coefficient (Wildman–Crippen LogP) is 3.02. The molecule has 1 amide bonds. The highest BCUT2D eigenvalue weighted by Gasteiger charge is 2.36. The number of benzene rings is 1. The minimum Gasteiger partial charge on any atom is -0.497 e. The van der Waals surface area contributed by atoms with Crippen molar-refractivity contribution in [3.8, 4) is 17.6 Å². The monoisotopic (exact) mass is 431 g/mol. The maximum atomic E-state index is 12.8. The fourth-order valence-electron chi connectivity index (χ4n) is 3.20. The predicted molar refractivity (Wildman–Crippen MR) is 113 cm³/mol. The molecule has 1 aliphatic rings. The fourth-order valence-corrected chi connectivity index (χ4v) is 3.20. The van der Waals surface area contributed by atoms with Crippen molar-refractivity contribution >= 4 is 18.0 Å². The Kier molecular flexibility index (Phi) is 7.92. The lowest BCUT2D eigenvalue weighted by Gasteiger charge is -2.37. The van der Waals surface area contributed by atoms with Crippen LogP contribution in [0.5, 0.6) is 5.75 Å². The molecule has 1 saturated heterocycles. The highest BCUT2D eigenvalue weighted by atomic mass is 16.6. The van der Waals surface area contributed by atoms with Gasteiger partial charge in [-0.3, -0.25) is 9.69 Å². The number of carbonyl (C=O) groups excluding carboxylic acids is 3. The third-order valence-corrected chi connectivity index (χ3v) is 4.75. The number of amides is 1. The van der Waals surface area contributed by atoms with Crippen LogP contribution in [-0.2, 0) is 19.0 Å². The van der Waals surface area contributed by atoms with E-state index in [1.54, 1.807) is 39.0 Å². The number of hydrogen-bond acceptors (Lipinski definition) is 7. The third-order valence-electron chi connectivity index (χ3n) is 4.75. The number of likely N-dealkylation sites (tertiary alicyclic amines) is 1. The summed E-state index contributed by atoms with van der Waals surface area (Å²) >= 11 is 0. The van der Waals surface area contributed by atoms with E-state index in [1.807, 2.05) is 0 Å². The van der Waals surface area contributed by atoms with Gasteiger partial charge in [-0.2, -0.15) is 0 Å². The molecule has 8 heteroatoms. The van der Waals surface area contributed by atoms with E-state index < -0.39 is 29.6 Å². The normalized spacial score (nSPS) is 18.3. The summed E-state index contributed by atoms with van der Waals surface area (Å²) in [6.45, 7) is 5.46. The minimum atomic E-state index is -0.693. The molecule has 2 rings (SSSR count). The summed E-state index contributed by atoms with van der Waals surface area (Å²) in [5, 5.41) is 0. The van der Waals surface area contributed by atoms with E-state index in [0.717, 1.165) is 0 Å². The van der Waals surface area contributed by atoms with Crippen LogP contribution >= 0.6 is 0 Å². The molecule has 2 unspecified atom stereocenters. The molecule has 1 fully saturated rings. The van der Waals surface area contributed by atoms with Crippen LogP contribution in [-0.4, -0.2) is 62.4 Å². The molecule has 1 heterocycles. The SMILES string of the molecule is COC(=O)c1cc(OC)ccc1C#CC1CCC(C(=O)OC)CN1C(=O)OC(C)(C)C. The number of carbonyl (C=O) groups is 3. The molecule has 0 radical (unpaired) electrons. The largest absolute Gasteiger partial charge is 0.497 e. The van der Waals surface area contributed by atoms with Gasteiger partial charge in [0.15, 0.2) is 0 Å². The topological polar surface area (TPSA) is 91.4 Å². The lowest BCUT2D eigenvalue weighted by Crippen LogP contribution is -2.50. The number of methoxy groups -OCH3 is 3. The average Bonchev–Trinajstić information content (AvgIpc) is 2.75. The summed E-state index contributed by atoms with van der Waals surface area (Å²) in [4.78, 5) is 38.4. The second-order valence-corrected chi connectivity index (χ2v) is 8.12. The van der Waals surface area contributed by atoms with Gasteiger partial charge in [-0.05, 0) is 51.8 Å². The molecular formula is C23H29NO7. The van der Waals surface area contributed by atoms with Crippen LogP contribution in [0.2, 0.25) is 0 Å². The van der Waals surface area contributed by atoms with Gasteiger partial charge in [0.25, 0.3) is 0 Å². The first-order valence-corrected chi connectivity index (χ1v) is 9.95. The second kappa shape index (κ2) is 10.2. The van der Waals surface area contributed by atoms with Gasteiger partial charge in [0.2, 0.25) is 0 Å². The van der Waals surface area contributed by atoms with Gasteiger partial charge in [0, 0.05) is 12.1 Å². The molecule has 8 nitrogen and oxygen atoms in total. The van der Waals surface area contributed by atoms with E-state index >= 15 is 0 Å². The fraction of sp³-hybridized carbons (Fsp3) is 0.522. The molecule has 0 aliphatic carbocycles.